The van der Waals surface area contributed by atoms with Gasteiger partial charge in [-0.1, -0.05) is 13.8 Å². The average molecular weight is 241 g/mol. The van der Waals surface area contributed by atoms with E-state index in [1.807, 2.05) is 0 Å². The summed E-state index contributed by atoms with van der Waals surface area (Å²) >= 11 is 0. The van der Waals surface area contributed by atoms with Gasteiger partial charge >= 0.3 is 0 Å². The summed E-state index contributed by atoms with van der Waals surface area (Å²) in [6.07, 6.45) is 4.02. The molecule has 1 N–H and O–H groups in total. The third-order valence-corrected chi connectivity index (χ3v) is 3.83. The van der Waals surface area contributed by atoms with Gasteiger partial charge in [0.05, 0.1) is 0 Å². The van der Waals surface area contributed by atoms with Crippen LogP contribution in [0, 0.1) is 5.41 Å². The van der Waals surface area contributed by atoms with Crippen LogP contribution in [-0.2, 0) is 0 Å². The Hall–Kier alpha value is -0.120. The van der Waals surface area contributed by atoms with E-state index < -0.39 is 0 Å². The SMILES string of the molecule is CCC(C)(CNC1CC1)CN(C)CCN(C)C. The van der Waals surface area contributed by atoms with Crippen LogP contribution in [0.25, 0.3) is 0 Å². The lowest BCUT2D eigenvalue weighted by molar-refractivity contribution is 0.170. The van der Waals surface area contributed by atoms with E-state index >= 15 is 0 Å². The van der Waals surface area contributed by atoms with Crippen LogP contribution in [0.1, 0.15) is 33.1 Å². The Bertz CT molecular complexity index is 214. The first kappa shape index (κ1) is 14.9. The van der Waals surface area contributed by atoms with Gasteiger partial charge in [0.2, 0.25) is 0 Å². The fraction of sp³-hybridized carbons (Fsp3) is 1.00. The van der Waals surface area contributed by atoms with Crippen molar-refractivity contribution in [3.63, 3.8) is 0 Å². The molecule has 1 fully saturated rings. The van der Waals surface area contributed by atoms with E-state index in [2.05, 4.69) is 50.1 Å². The molecule has 0 amide bonds. The van der Waals surface area contributed by atoms with Crippen molar-refractivity contribution in [1.29, 1.82) is 0 Å². The van der Waals surface area contributed by atoms with Crippen molar-refractivity contribution in [2.75, 3.05) is 47.3 Å². The maximum atomic E-state index is 3.68. The molecule has 1 aliphatic rings. The third-order valence-electron chi connectivity index (χ3n) is 3.83. The zero-order valence-electron chi connectivity index (χ0n) is 12.4. The quantitative estimate of drug-likeness (QED) is 0.662. The van der Waals surface area contributed by atoms with Crippen molar-refractivity contribution in [2.24, 2.45) is 5.41 Å². The van der Waals surface area contributed by atoms with Crippen LogP contribution in [-0.4, -0.2) is 63.2 Å². The van der Waals surface area contributed by atoms with Gasteiger partial charge in [0, 0.05) is 32.2 Å². The van der Waals surface area contributed by atoms with Crippen LogP contribution in [0.5, 0.6) is 0 Å². The molecule has 0 aromatic carbocycles. The van der Waals surface area contributed by atoms with Crippen molar-refractivity contribution >= 4 is 0 Å². The van der Waals surface area contributed by atoms with Crippen LogP contribution in [0.4, 0.5) is 0 Å². The van der Waals surface area contributed by atoms with E-state index in [9.17, 15) is 0 Å². The van der Waals surface area contributed by atoms with Gasteiger partial charge < -0.3 is 15.1 Å². The normalized spacial score (nSPS) is 19.9. The molecule has 1 atom stereocenters. The highest BCUT2D eigenvalue weighted by atomic mass is 15.2. The highest BCUT2D eigenvalue weighted by Crippen LogP contribution is 2.25. The molecule has 1 unspecified atom stereocenters. The summed E-state index contributed by atoms with van der Waals surface area (Å²) in [6, 6.07) is 0.827. The molecule has 102 valence electrons. The fourth-order valence-electron chi connectivity index (χ4n) is 2.07. The van der Waals surface area contributed by atoms with Crippen molar-refractivity contribution in [2.45, 2.75) is 39.2 Å². The van der Waals surface area contributed by atoms with E-state index in [1.165, 1.54) is 32.4 Å². The van der Waals surface area contributed by atoms with Crippen LogP contribution < -0.4 is 5.32 Å². The van der Waals surface area contributed by atoms with E-state index in [0.717, 1.165) is 19.1 Å². The van der Waals surface area contributed by atoms with Crippen molar-refractivity contribution < 1.29 is 0 Å². The van der Waals surface area contributed by atoms with Gasteiger partial charge in [-0.15, -0.1) is 0 Å². The second-order valence-corrected chi connectivity index (χ2v) is 6.36. The Morgan fingerprint density at radius 1 is 1.18 bits per heavy atom. The summed E-state index contributed by atoms with van der Waals surface area (Å²) in [6.45, 7) is 9.39. The molecule has 17 heavy (non-hydrogen) atoms. The Balaban J connectivity index is 2.26. The van der Waals surface area contributed by atoms with Crippen LogP contribution >= 0.6 is 0 Å². The summed E-state index contributed by atoms with van der Waals surface area (Å²) in [5.74, 6) is 0. The van der Waals surface area contributed by atoms with Crippen LogP contribution in [0.2, 0.25) is 0 Å². The molecule has 0 bridgehead atoms. The average Bonchev–Trinajstić information content (AvgIpc) is 3.07. The van der Waals surface area contributed by atoms with Gasteiger partial charge in [0.25, 0.3) is 0 Å². The van der Waals surface area contributed by atoms with Gasteiger partial charge in [-0.25, -0.2) is 0 Å². The molecule has 1 aliphatic carbocycles. The Morgan fingerprint density at radius 2 is 1.82 bits per heavy atom. The summed E-state index contributed by atoms with van der Waals surface area (Å²) in [7, 11) is 6.53. The Labute approximate surface area is 108 Å². The Kier molecular flexibility index (Phi) is 5.90. The minimum absolute atomic E-state index is 0.420. The molecule has 0 aromatic heterocycles. The summed E-state index contributed by atoms with van der Waals surface area (Å²) in [5, 5.41) is 3.68. The number of nitrogens with one attached hydrogen (secondary N) is 1. The second-order valence-electron chi connectivity index (χ2n) is 6.36. The molecule has 0 radical (unpaired) electrons. The highest BCUT2D eigenvalue weighted by molar-refractivity contribution is 4.86. The molecular weight excluding hydrogens is 210 g/mol. The first-order valence-electron chi connectivity index (χ1n) is 7.02. The van der Waals surface area contributed by atoms with Gasteiger partial charge in [0.1, 0.15) is 0 Å². The second kappa shape index (κ2) is 6.72. The van der Waals surface area contributed by atoms with E-state index in [1.54, 1.807) is 0 Å². The lowest BCUT2D eigenvalue weighted by Gasteiger charge is -2.34. The minimum Gasteiger partial charge on any atom is -0.313 e. The number of likely N-dealkylation sites (N-methyl/N-ethyl adjacent to an activating group) is 2. The predicted molar refractivity (Wildman–Crippen MR) is 75.5 cm³/mol. The monoisotopic (exact) mass is 241 g/mol. The van der Waals surface area contributed by atoms with Gasteiger partial charge in [0.15, 0.2) is 0 Å². The molecule has 1 saturated carbocycles. The number of nitrogens with zero attached hydrogens (tertiary/aromatic N) is 2. The van der Waals surface area contributed by atoms with Crippen molar-refractivity contribution in [3.05, 3.63) is 0 Å². The largest absolute Gasteiger partial charge is 0.313 e. The standard InChI is InChI=1S/C14H31N3/c1-6-14(2,11-15-13-7-8-13)12-17(5)10-9-16(3)4/h13,15H,6-12H2,1-5H3. The van der Waals surface area contributed by atoms with Crippen molar-refractivity contribution in [3.8, 4) is 0 Å². The van der Waals surface area contributed by atoms with E-state index in [4.69, 9.17) is 0 Å². The predicted octanol–water partition coefficient (Wildman–Crippen LogP) is 1.65. The van der Waals surface area contributed by atoms with Gasteiger partial charge in [-0.05, 0) is 45.8 Å². The summed E-state index contributed by atoms with van der Waals surface area (Å²) in [5.41, 5.74) is 0.420. The summed E-state index contributed by atoms with van der Waals surface area (Å²) < 4.78 is 0. The van der Waals surface area contributed by atoms with E-state index in [0.29, 0.717) is 5.41 Å². The first-order chi connectivity index (χ1) is 7.95. The topological polar surface area (TPSA) is 18.5 Å². The smallest absolute Gasteiger partial charge is 0.0106 e. The lowest BCUT2D eigenvalue weighted by atomic mass is 9.87. The maximum Gasteiger partial charge on any atom is 0.0106 e. The molecule has 0 heterocycles. The molecule has 1 rings (SSSR count). The van der Waals surface area contributed by atoms with Gasteiger partial charge in [-0.3, -0.25) is 0 Å². The number of hydrogen-bond acceptors (Lipinski definition) is 3. The number of rotatable bonds is 9. The lowest BCUT2D eigenvalue weighted by Crippen LogP contribution is -2.42. The maximum absolute atomic E-state index is 3.68. The molecule has 3 nitrogen and oxygen atoms in total. The molecule has 3 heteroatoms. The molecule has 0 aromatic rings. The van der Waals surface area contributed by atoms with Crippen LogP contribution in [0.3, 0.4) is 0 Å². The zero-order chi connectivity index (χ0) is 12.9. The molecular formula is C14H31N3. The van der Waals surface area contributed by atoms with Crippen LogP contribution in [0.15, 0.2) is 0 Å². The molecule has 0 aliphatic heterocycles. The van der Waals surface area contributed by atoms with E-state index in [-0.39, 0.29) is 0 Å². The minimum atomic E-state index is 0.420. The van der Waals surface area contributed by atoms with Crippen molar-refractivity contribution in [1.82, 2.24) is 15.1 Å². The molecule has 0 spiro atoms. The first-order valence-corrected chi connectivity index (χ1v) is 7.02. The Morgan fingerprint density at radius 3 is 2.29 bits per heavy atom. The third kappa shape index (κ3) is 6.39. The van der Waals surface area contributed by atoms with Gasteiger partial charge in [-0.2, -0.15) is 0 Å². The highest BCUT2D eigenvalue weighted by Gasteiger charge is 2.28. The fourth-order valence-corrected chi connectivity index (χ4v) is 2.07. The summed E-state index contributed by atoms with van der Waals surface area (Å²) in [4.78, 5) is 4.72. The number of hydrogen-bond donors (Lipinski definition) is 1. The zero-order valence-corrected chi connectivity index (χ0v) is 12.4. The molecule has 0 saturated heterocycles.